The first kappa shape index (κ1) is 13.7. The first-order valence-corrected chi connectivity index (χ1v) is 6.25. The monoisotopic (exact) mass is 265 g/mol. The van der Waals surface area contributed by atoms with Crippen LogP contribution in [0.3, 0.4) is 0 Å². The van der Waals surface area contributed by atoms with Crippen LogP contribution in [0.15, 0.2) is 18.2 Å². The summed E-state index contributed by atoms with van der Waals surface area (Å²) in [5, 5.41) is 8.91. The summed E-state index contributed by atoms with van der Waals surface area (Å²) >= 11 is 0. The molecule has 0 aromatic heterocycles. The van der Waals surface area contributed by atoms with E-state index in [0.29, 0.717) is 13.1 Å². The second-order valence-electron chi connectivity index (χ2n) is 4.77. The van der Waals surface area contributed by atoms with E-state index in [-0.39, 0.29) is 12.0 Å². The van der Waals surface area contributed by atoms with Crippen molar-refractivity contribution < 1.29 is 19.4 Å². The van der Waals surface area contributed by atoms with E-state index in [1.807, 2.05) is 18.2 Å². The highest BCUT2D eigenvalue weighted by molar-refractivity contribution is 5.71. The number of hydrogen-bond donors (Lipinski definition) is 1. The molecule has 0 amide bonds. The van der Waals surface area contributed by atoms with Gasteiger partial charge >= 0.3 is 5.97 Å². The minimum atomic E-state index is -0.721. The second-order valence-corrected chi connectivity index (χ2v) is 4.77. The lowest BCUT2D eigenvalue weighted by Crippen LogP contribution is -2.51. The SMILES string of the molecule is COc1ccc(OC)c(C(C)N2CC(C(=O)O)C2)c1. The number of methoxy groups -OCH3 is 2. The maximum Gasteiger partial charge on any atom is 0.309 e. The highest BCUT2D eigenvalue weighted by Crippen LogP contribution is 2.35. The highest BCUT2D eigenvalue weighted by atomic mass is 16.5. The Labute approximate surface area is 112 Å². The topological polar surface area (TPSA) is 59.0 Å². The van der Waals surface area contributed by atoms with E-state index < -0.39 is 5.97 Å². The fourth-order valence-corrected chi connectivity index (χ4v) is 2.35. The molecule has 1 aromatic rings. The van der Waals surface area contributed by atoms with Crippen LogP contribution in [0.1, 0.15) is 18.5 Å². The number of carboxylic acid groups (broad SMARTS) is 1. The summed E-state index contributed by atoms with van der Waals surface area (Å²) in [7, 11) is 3.26. The van der Waals surface area contributed by atoms with Gasteiger partial charge < -0.3 is 14.6 Å². The number of rotatable bonds is 5. The van der Waals surface area contributed by atoms with Crippen molar-refractivity contribution in [1.82, 2.24) is 4.90 Å². The van der Waals surface area contributed by atoms with Crippen LogP contribution in [-0.2, 0) is 4.79 Å². The third kappa shape index (κ3) is 2.66. The Morgan fingerprint density at radius 3 is 2.58 bits per heavy atom. The summed E-state index contributed by atoms with van der Waals surface area (Å²) in [5.74, 6) is 0.602. The van der Waals surface area contributed by atoms with Crippen LogP contribution >= 0.6 is 0 Å². The number of ether oxygens (including phenoxy) is 2. The molecule has 1 aliphatic heterocycles. The Bertz CT molecular complexity index is 469. The average molecular weight is 265 g/mol. The minimum absolute atomic E-state index is 0.112. The molecule has 1 aromatic carbocycles. The van der Waals surface area contributed by atoms with Crippen LogP contribution in [-0.4, -0.2) is 43.3 Å². The molecule has 0 aliphatic carbocycles. The van der Waals surface area contributed by atoms with Gasteiger partial charge in [0.05, 0.1) is 20.1 Å². The van der Waals surface area contributed by atoms with Gasteiger partial charge in [-0.05, 0) is 25.1 Å². The zero-order valence-electron chi connectivity index (χ0n) is 11.4. The molecule has 0 saturated carbocycles. The van der Waals surface area contributed by atoms with Crippen LogP contribution in [0.25, 0.3) is 0 Å². The van der Waals surface area contributed by atoms with Crippen molar-refractivity contribution in [2.45, 2.75) is 13.0 Å². The number of carboxylic acids is 1. The molecule has 1 fully saturated rings. The third-order valence-corrected chi connectivity index (χ3v) is 3.69. The van der Waals surface area contributed by atoms with Gasteiger partial charge in [-0.15, -0.1) is 0 Å². The molecule has 1 saturated heterocycles. The van der Waals surface area contributed by atoms with E-state index in [4.69, 9.17) is 14.6 Å². The average Bonchev–Trinajstić information content (AvgIpc) is 2.35. The molecule has 1 heterocycles. The maximum absolute atomic E-state index is 10.8. The van der Waals surface area contributed by atoms with Crippen LogP contribution in [0.5, 0.6) is 11.5 Å². The number of likely N-dealkylation sites (tertiary alicyclic amines) is 1. The van der Waals surface area contributed by atoms with Crippen LogP contribution in [0, 0.1) is 5.92 Å². The van der Waals surface area contributed by atoms with Gasteiger partial charge in [-0.1, -0.05) is 0 Å². The van der Waals surface area contributed by atoms with E-state index in [0.717, 1.165) is 17.1 Å². The zero-order chi connectivity index (χ0) is 14.0. The lowest BCUT2D eigenvalue weighted by Gasteiger charge is -2.41. The van der Waals surface area contributed by atoms with E-state index in [2.05, 4.69) is 11.8 Å². The molecule has 1 aliphatic rings. The lowest BCUT2D eigenvalue weighted by atomic mass is 9.95. The molecule has 5 nitrogen and oxygen atoms in total. The fraction of sp³-hybridized carbons (Fsp3) is 0.500. The molecular formula is C14H19NO4. The van der Waals surface area contributed by atoms with Gasteiger partial charge in [0.15, 0.2) is 0 Å². The van der Waals surface area contributed by atoms with Crippen molar-refractivity contribution in [2.24, 2.45) is 5.92 Å². The predicted molar refractivity (Wildman–Crippen MR) is 70.7 cm³/mol. The maximum atomic E-state index is 10.8. The number of carbonyl (C=O) groups is 1. The lowest BCUT2D eigenvalue weighted by molar-refractivity contribution is -0.148. The van der Waals surface area contributed by atoms with Gasteiger partial charge in [0.1, 0.15) is 11.5 Å². The first-order chi connectivity index (χ1) is 9.06. The van der Waals surface area contributed by atoms with Gasteiger partial charge in [0.2, 0.25) is 0 Å². The molecule has 19 heavy (non-hydrogen) atoms. The Morgan fingerprint density at radius 1 is 1.37 bits per heavy atom. The van der Waals surface area contributed by atoms with Gasteiger partial charge in [-0.25, -0.2) is 0 Å². The molecule has 0 bridgehead atoms. The Morgan fingerprint density at radius 2 is 2.05 bits per heavy atom. The highest BCUT2D eigenvalue weighted by Gasteiger charge is 2.36. The van der Waals surface area contributed by atoms with Gasteiger partial charge in [-0.3, -0.25) is 9.69 Å². The second kappa shape index (κ2) is 5.48. The molecule has 2 rings (SSSR count). The standard InChI is InChI=1S/C14H19NO4/c1-9(15-7-10(8-15)14(16)17)12-6-11(18-2)4-5-13(12)19-3/h4-6,9-10H,7-8H2,1-3H3,(H,16,17). The van der Waals surface area contributed by atoms with Crippen molar-refractivity contribution >= 4 is 5.97 Å². The summed E-state index contributed by atoms with van der Waals surface area (Å²) in [4.78, 5) is 13.0. The number of hydrogen-bond acceptors (Lipinski definition) is 4. The number of aliphatic carboxylic acids is 1. The Hall–Kier alpha value is -1.75. The summed E-state index contributed by atoms with van der Waals surface area (Å²) < 4.78 is 10.6. The van der Waals surface area contributed by atoms with Crippen molar-refractivity contribution in [1.29, 1.82) is 0 Å². The summed E-state index contributed by atoms with van der Waals surface area (Å²) in [5.41, 5.74) is 1.02. The van der Waals surface area contributed by atoms with Gasteiger partial charge in [0.25, 0.3) is 0 Å². The van der Waals surface area contributed by atoms with Crippen LogP contribution < -0.4 is 9.47 Å². The smallest absolute Gasteiger partial charge is 0.309 e. The normalized spacial score (nSPS) is 17.6. The summed E-state index contributed by atoms with van der Waals surface area (Å²) in [6.45, 7) is 3.21. The molecular weight excluding hydrogens is 246 g/mol. The van der Waals surface area contributed by atoms with E-state index in [1.54, 1.807) is 14.2 Å². The largest absolute Gasteiger partial charge is 0.497 e. The van der Waals surface area contributed by atoms with Crippen molar-refractivity contribution in [2.75, 3.05) is 27.3 Å². The summed E-state index contributed by atoms with van der Waals surface area (Å²) in [6, 6.07) is 5.78. The molecule has 104 valence electrons. The van der Waals surface area contributed by atoms with E-state index in [1.165, 1.54) is 0 Å². The van der Waals surface area contributed by atoms with Crippen molar-refractivity contribution in [3.8, 4) is 11.5 Å². The van der Waals surface area contributed by atoms with Crippen LogP contribution in [0.2, 0.25) is 0 Å². The molecule has 1 unspecified atom stereocenters. The van der Waals surface area contributed by atoms with E-state index >= 15 is 0 Å². The van der Waals surface area contributed by atoms with Gasteiger partial charge in [-0.2, -0.15) is 0 Å². The quantitative estimate of drug-likeness (QED) is 0.879. The Balaban J connectivity index is 2.14. The summed E-state index contributed by atoms with van der Waals surface area (Å²) in [6.07, 6.45) is 0. The third-order valence-electron chi connectivity index (χ3n) is 3.69. The molecule has 1 N–H and O–H groups in total. The molecule has 0 spiro atoms. The van der Waals surface area contributed by atoms with Crippen molar-refractivity contribution in [3.63, 3.8) is 0 Å². The molecule has 5 heteroatoms. The van der Waals surface area contributed by atoms with Crippen molar-refractivity contribution in [3.05, 3.63) is 23.8 Å². The molecule has 1 atom stereocenters. The predicted octanol–water partition coefficient (Wildman–Crippen LogP) is 1.78. The van der Waals surface area contributed by atoms with Crippen LogP contribution in [0.4, 0.5) is 0 Å². The van der Waals surface area contributed by atoms with Gasteiger partial charge in [0, 0.05) is 24.7 Å². The zero-order valence-corrected chi connectivity index (χ0v) is 11.4. The Kier molecular flexibility index (Phi) is 3.95. The molecule has 0 radical (unpaired) electrons. The number of benzene rings is 1. The minimum Gasteiger partial charge on any atom is -0.497 e. The first-order valence-electron chi connectivity index (χ1n) is 6.25. The number of nitrogens with zero attached hydrogens (tertiary/aromatic N) is 1. The van der Waals surface area contributed by atoms with E-state index in [9.17, 15) is 4.79 Å². The fourth-order valence-electron chi connectivity index (χ4n) is 2.35.